The highest BCUT2D eigenvalue weighted by atomic mass is 16.5. The molecule has 1 aliphatic rings. The molecule has 1 fully saturated rings. The molecule has 14 heavy (non-hydrogen) atoms. The largest absolute Gasteiger partial charge is 0.487 e. The van der Waals surface area contributed by atoms with E-state index in [1.807, 2.05) is 38.1 Å². The van der Waals surface area contributed by atoms with Crippen LogP contribution in [0.15, 0.2) is 24.3 Å². The van der Waals surface area contributed by atoms with Crippen molar-refractivity contribution in [2.75, 3.05) is 0 Å². The molecule has 0 bridgehead atoms. The molecule has 0 amide bonds. The molecular formula is C12H16O2. The molecule has 1 aromatic rings. The van der Waals surface area contributed by atoms with Gasteiger partial charge in [-0.25, -0.2) is 0 Å². The van der Waals surface area contributed by atoms with Crippen LogP contribution in [0.2, 0.25) is 0 Å². The lowest BCUT2D eigenvalue weighted by Crippen LogP contribution is -2.52. The standard InChI is InChI=1S/C12H16O2/c1-9-3-5-10(6-4-9)14-11-7-8-12(11,2)13/h3-6,11,13H,7-8H2,1-2H3/t11-,12-/m0/s1. The molecule has 76 valence electrons. The van der Waals surface area contributed by atoms with Crippen LogP contribution in [0.3, 0.4) is 0 Å². The van der Waals surface area contributed by atoms with Gasteiger partial charge in [0.1, 0.15) is 11.9 Å². The van der Waals surface area contributed by atoms with Crippen molar-refractivity contribution in [1.29, 1.82) is 0 Å². The van der Waals surface area contributed by atoms with Crippen molar-refractivity contribution in [2.24, 2.45) is 0 Å². The second-order valence-electron chi connectivity index (χ2n) is 4.32. The fourth-order valence-corrected chi connectivity index (χ4v) is 1.65. The van der Waals surface area contributed by atoms with Crippen LogP contribution < -0.4 is 4.74 Å². The zero-order valence-electron chi connectivity index (χ0n) is 8.66. The van der Waals surface area contributed by atoms with Crippen LogP contribution in [0.5, 0.6) is 5.75 Å². The van der Waals surface area contributed by atoms with Crippen molar-refractivity contribution in [3.8, 4) is 5.75 Å². The predicted octanol–water partition coefficient (Wildman–Crippen LogP) is 2.29. The molecule has 1 N–H and O–H groups in total. The van der Waals surface area contributed by atoms with Gasteiger partial charge in [0.25, 0.3) is 0 Å². The van der Waals surface area contributed by atoms with Gasteiger partial charge in [0.05, 0.1) is 5.60 Å². The molecule has 0 aliphatic heterocycles. The Kier molecular flexibility index (Phi) is 2.23. The van der Waals surface area contributed by atoms with E-state index in [1.165, 1.54) is 5.56 Å². The van der Waals surface area contributed by atoms with Gasteiger partial charge in [0.2, 0.25) is 0 Å². The Labute approximate surface area is 84.5 Å². The topological polar surface area (TPSA) is 29.5 Å². The normalized spacial score (nSPS) is 30.9. The van der Waals surface area contributed by atoms with E-state index in [1.54, 1.807) is 0 Å². The summed E-state index contributed by atoms with van der Waals surface area (Å²) in [6.45, 7) is 3.87. The summed E-state index contributed by atoms with van der Waals surface area (Å²) in [5.41, 5.74) is 0.586. The van der Waals surface area contributed by atoms with Gasteiger partial charge < -0.3 is 9.84 Å². The van der Waals surface area contributed by atoms with E-state index in [2.05, 4.69) is 0 Å². The Balaban J connectivity index is 2.01. The summed E-state index contributed by atoms with van der Waals surface area (Å²) in [4.78, 5) is 0. The Morgan fingerprint density at radius 3 is 2.43 bits per heavy atom. The lowest BCUT2D eigenvalue weighted by molar-refractivity contribution is -0.118. The summed E-state index contributed by atoms with van der Waals surface area (Å²) in [5.74, 6) is 0.848. The van der Waals surface area contributed by atoms with Gasteiger partial charge >= 0.3 is 0 Å². The average Bonchev–Trinajstić information content (AvgIpc) is 2.15. The summed E-state index contributed by atoms with van der Waals surface area (Å²) in [6.07, 6.45) is 1.75. The third kappa shape index (κ3) is 1.75. The first kappa shape index (κ1) is 9.53. The quantitative estimate of drug-likeness (QED) is 0.779. The van der Waals surface area contributed by atoms with Gasteiger partial charge in [-0.2, -0.15) is 0 Å². The number of hydrogen-bond donors (Lipinski definition) is 1. The Hall–Kier alpha value is -1.02. The molecule has 1 saturated carbocycles. The van der Waals surface area contributed by atoms with E-state index in [-0.39, 0.29) is 6.10 Å². The van der Waals surface area contributed by atoms with Gasteiger partial charge in [-0.1, -0.05) is 17.7 Å². The van der Waals surface area contributed by atoms with Gasteiger partial charge in [-0.15, -0.1) is 0 Å². The summed E-state index contributed by atoms with van der Waals surface area (Å²) in [6, 6.07) is 7.93. The molecule has 2 rings (SSSR count). The molecule has 0 unspecified atom stereocenters. The third-order valence-electron chi connectivity index (χ3n) is 2.91. The SMILES string of the molecule is Cc1ccc(O[C@H]2CC[C@]2(C)O)cc1. The van der Waals surface area contributed by atoms with E-state index in [0.29, 0.717) is 0 Å². The lowest BCUT2D eigenvalue weighted by Gasteiger charge is -2.42. The molecule has 2 nitrogen and oxygen atoms in total. The van der Waals surface area contributed by atoms with Gasteiger partial charge in [-0.05, 0) is 38.8 Å². The maximum absolute atomic E-state index is 9.76. The van der Waals surface area contributed by atoms with Crippen molar-refractivity contribution in [2.45, 2.75) is 38.4 Å². The van der Waals surface area contributed by atoms with Gasteiger partial charge in [0.15, 0.2) is 0 Å². The Bertz CT molecular complexity index is 314. The summed E-state index contributed by atoms with van der Waals surface area (Å²) < 4.78 is 5.67. The van der Waals surface area contributed by atoms with Crippen LogP contribution in [0.1, 0.15) is 25.3 Å². The molecule has 0 radical (unpaired) electrons. The van der Waals surface area contributed by atoms with E-state index < -0.39 is 5.60 Å². The van der Waals surface area contributed by atoms with E-state index in [0.717, 1.165) is 18.6 Å². The van der Waals surface area contributed by atoms with E-state index in [9.17, 15) is 5.11 Å². The minimum Gasteiger partial charge on any atom is -0.487 e. The van der Waals surface area contributed by atoms with E-state index in [4.69, 9.17) is 4.74 Å². The summed E-state index contributed by atoms with van der Waals surface area (Å²) in [5, 5.41) is 9.76. The first-order chi connectivity index (χ1) is 6.58. The van der Waals surface area contributed by atoms with Crippen molar-refractivity contribution in [3.05, 3.63) is 29.8 Å². The minimum absolute atomic E-state index is 0.0368. The number of aliphatic hydroxyl groups is 1. The van der Waals surface area contributed by atoms with Crippen molar-refractivity contribution in [3.63, 3.8) is 0 Å². The Morgan fingerprint density at radius 2 is 2.00 bits per heavy atom. The molecule has 0 saturated heterocycles. The van der Waals surface area contributed by atoms with Crippen molar-refractivity contribution in [1.82, 2.24) is 0 Å². The summed E-state index contributed by atoms with van der Waals surface area (Å²) >= 11 is 0. The predicted molar refractivity (Wildman–Crippen MR) is 55.5 cm³/mol. The number of hydrogen-bond acceptors (Lipinski definition) is 2. The smallest absolute Gasteiger partial charge is 0.127 e. The highest BCUT2D eigenvalue weighted by Crippen LogP contribution is 2.35. The molecule has 0 aromatic heterocycles. The highest BCUT2D eigenvalue weighted by Gasteiger charge is 2.42. The average molecular weight is 192 g/mol. The second kappa shape index (κ2) is 3.28. The van der Waals surface area contributed by atoms with Crippen LogP contribution >= 0.6 is 0 Å². The fourth-order valence-electron chi connectivity index (χ4n) is 1.65. The number of aryl methyl sites for hydroxylation is 1. The zero-order chi connectivity index (χ0) is 10.2. The fraction of sp³-hybridized carbons (Fsp3) is 0.500. The molecule has 2 heteroatoms. The van der Waals surface area contributed by atoms with Crippen LogP contribution in [-0.2, 0) is 0 Å². The van der Waals surface area contributed by atoms with Gasteiger partial charge in [0, 0.05) is 0 Å². The Morgan fingerprint density at radius 1 is 1.36 bits per heavy atom. The molecular weight excluding hydrogens is 176 g/mol. The number of benzene rings is 1. The van der Waals surface area contributed by atoms with Crippen LogP contribution in [0.25, 0.3) is 0 Å². The molecule has 0 spiro atoms. The monoisotopic (exact) mass is 192 g/mol. The van der Waals surface area contributed by atoms with Gasteiger partial charge in [-0.3, -0.25) is 0 Å². The molecule has 1 aromatic carbocycles. The first-order valence-electron chi connectivity index (χ1n) is 5.04. The lowest BCUT2D eigenvalue weighted by atomic mass is 9.78. The first-order valence-corrected chi connectivity index (χ1v) is 5.04. The third-order valence-corrected chi connectivity index (χ3v) is 2.91. The second-order valence-corrected chi connectivity index (χ2v) is 4.32. The van der Waals surface area contributed by atoms with Crippen molar-refractivity contribution >= 4 is 0 Å². The summed E-state index contributed by atoms with van der Waals surface area (Å²) in [7, 11) is 0. The van der Waals surface area contributed by atoms with E-state index >= 15 is 0 Å². The molecule has 0 heterocycles. The zero-order valence-corrected chi connectivity index (χ0v) is 8.66. The number of ether oxygens (including phenoxy) is 1. The maximum atomic E-state index is 9.76. The highest BCUT2D eigenvalue weighted by molar-refractivity contribution is 5.27. The van der Waals surface area contributed by atoms with Crippen LogP contribution in [0, 0.1) is 6.92 Å². The number of rotatable bonds is 2. The minimum atomic E-state index is -0.634. The van der Waals surface area contributed by atoms with Crippen molar-refractivity contribution < 1.29 is 9.84 Å². The van der Waals surface area contributed by atoms with Crippen LogP contribution in [0.4, 0.5) is 0 Å². The molecule has 2 atom stereocenters. The van der Waals surface area contributed by atoms with Crippen LogP contribution in [-0.4, -0.2) is 16.8 Å². The maximum Gasteiger partial charge on any atom is 0.127 e. The molecule has 1 aliphatic carbocycles.